The van der Waals surface area contributed by atoms with Gasteiger partial charge in [-0.3, -0.25) is 4.79 Å². The molecule has 2 heterocycles. The zero-order valence-electron chi connectivity index (χ0n) is 12.7. The molecule has 0 radical (unpaired) electrons. The van der Waals surface area contributed by atoms with E-state index in [9.17, 15) is 4.79 Å². The van der Waals surface area contributed by atoms with E-state index in [0.29, 0.717) is 13.0 Å². The van der Waals surface area contributed by atoms with E-state index in [4.69, 9.17) is 4.74 Å². The number of rotatable bonds is 6. The van der Waals surface area contributed by atoms with Crippen molar-refractivity contribution in [1.82, 2.24) is 4.98 Å². The summed E-state index contributed by atoms with van der Waals surface area (Å²) in [5.74, 6) is 0.789. The van der Waals surface area contributed by atoms with Gasteiger partial charge >= 0.3 is 5.97 Å². The SMILES string of the molecule is CCN(CCC(=O)OC)c1ccc(N2CCOCC2)nc1. The maximum Gasteiger partial charge on any atom is 0.307 e. The number of hydrogen-bond donors (Lipinski definition) is 0. The molecule has 116 valence electrons. The van der Waals surface area contributed by atoms with Gasteiger partial charge in [-0.2, -0.15) is 0 Å². The molecule has 1 aromatic rings. The van der Waals surface area contributed by atoms with Crippen molar-refractivity contribution in [2.24, 2.45) is 0 Å². The topological polar surface area (TPSA) is 54.9 Å². The van der Waals surface area contributed by atoms with Gasteiger partial charge in [0.05, 0.1) is 38.6 Å². The summed E-state index contributed by atoms with van der Waals surface area (Å²) in [6.07, 6.45) is 2.25. The third kappa shape index (κ3) is 4.32. The van der Waals surface area contributed by atoms with Crippen molar-refractivity contribution in [1.29, 1.82) is 0 Å². The first-order chi connectivity index (χ1) is 10.2. The predicted molar refractivity (Wildman–Crippen MR) is 81.8 cm³/mol. The molecule has 0 aromatic carbocycles. The molecule has 21 heavy (non-hydrogen) atoms. The number of pyridine rings is 1. The van der Waals surface area contributed by atoms with Crippen LogP contribution in [0.25, 0.3) is 0 Å². The van der Waals surface area contributed by atoms with Crippen LogP contribution in [0.4, 0.5) is 11.5 Å². The monoisotopic (exact) mass is 293 g/mol. The fraction of sp³-hybridized carbons (Fsp3) is 0.600. The van der Waals surface area contributed by atoms with Crippen molar-refractivity contribution in [3.8, 4) is 0 Å². The number of nitrogens with zero attached hydrogens (tertiary/aromatic N) is 3. The third-order valence-corrected chi connectivity index (χ3v) is 3.63. The van der Waals surface area contributed by atoms with E-state index in [-0.39, 0.29) is 5.97 Å². The Bertz CT molecular complexity index is 444. The molecular weight excluding hydrogens is 270 g/mol. The molecule has 0 amide bonds. The van der Waals surface area contributed by atoms with Crippen LogP contribution in [0.2, 0.25) is 0 Å². The Labute approximate surface area is 125 Å². The van der Waals surface area contributed by atoms with E-state index >= 15 is 0 Å². The zero-order valence-corrected chi connectivity index (χ0v) is 12.7. The maximum absolute atomic E-state index is 11.2. The molecule has 6 heteroatoms. The van der Waals surface area contributed by atoms with Gasteiger partial charge in [0, 0.05) is 26.2 Å². The third-order valence-electron chi connectivity index (χ3n) is 3.63. The van der Waals surface area contributed by atoms with Crippen LogP contribution in [-0.2, 0) is 14.3 Å². The normalized spacial score (nSPS) is 14.9. The lowest BCUT2D eigenvalue weighted by Crippen LogP contribution is -2.36. The molecule has 0 unspecified atom stereocenters. The van der Waals surface area contributed by atoms with Crippen LogP contribution in [0.1, 0.15) is 13.3 Å². The van der Waals surface area contributed by atoms with Gasteiger partial charge in [-0.05, 0) is 19.1 Å². The van der Waals surface area contributed by atoms with Crippen molar-refractivity contribution in [2.45, 2.75) is 13.3 Å². The highest BCUT2D eigenvalue weighted by atomic mass is 16.5. The minimum Gasteiger partial charge on any atom is -0.469 e. The summed E-state index contributed by atoms with van der Waals surface area (Å²) in [7, 11) is 1.41. The van der Waals surface area contributed by atoms with E-state index in [1.807, 2.05) is 12.3 Å². The molecule has 0 bridgehead atoms. The second-order valence-electron chi connectivity index (χ2n) is 4.88. The second-order valence-corrected chi connectivity index (χ2v) is 4.88. The minimum atomic E-state index is -0.189. The second kappa shape index (κ2) is 7.83. The summed E-state index contributed by atoms with van der Waals surface area (Å²) in [6, 6.07) is 4.08. The molecule has 0 spiro atoms. The number of aromatic nitrogens is 1. The number of ether oxygens (including phenoxy) is 2. The molecule has 0 aliphatic carbocycles. The Morgan fingerprint density at radius 3 is 2.76 bits per heavy atom. The van der Waals surface area contributed by atoms with Crippen molar-refractivity contribution < 1.29 is 14.3 Å². The van der Waals surface area contributed by atoms with Crippen LogP contribution in [0.3, 0.4) is 0 Å². The van der Waals surface area contributed by atoms with Crippen molar-refractivity contribution in [2.75, 3.05) is 56.3 Å². The lowest BCUT2D eigenvalue weighted by molar-refractivity contribution is -0.140. The molecule has 0 atom stereocenters. The summed E-state index contributed by atoms with van der Waals surface area (Å²) in [5, 5.41) is 0. The van der Waals surface area contributed by atoms with Gasteiger partial charge in [0.1, 0.15) is 5.82 Å². The fourth-order valence-corrected chi connectivity index (χ4v) is 2.34. The summed E-state index contributed by atoms with van der Waals surface area (Å²) in [6.45, 7) is 6.80. The van der Waals surface area contributed by atoms with E-state index in [1.54, 1.807) is 0 Å². The predicted octanol–water partition coefficient (Wildman–Crippen LogP) is 1.31. The molecule has 1 aromatic heterocycles. The van der Waals surface area contributed by atoms with Gasteiger partial charge in [0.25, 0.3) is 0 Å². The zero-order chi connectivity index (χ0) is 15.1. The van der Waals surface area contributed by atoms with E-state index < -0.39 is 0 Å². The molecule has 1 aliphatic heterocycles. The van der Waals surface area contributed by atoms with Crippen molar-refractivity contribution >= 4 is 17.5 Å². The quantitative estimate of drug-likeness (QED) is 0.737. The Balaban J connectivity index is 1.97. The van der Waals surface area contributed by atoms with Crippen LogP contribution in [-0.4, -0.2) is 57.5 Å². The lowest BCUT2D eigenvalue weighted by Gasteiger charge is -2.28. The first kappa shape index (κ1) is 15.6. The highest BCUT2D eigenvalue weighted by Gasteiger charge is 2.13. The molecule has 1 fully saturated rings. The molecular formula is C15H23N3O3. The Morgan fingerprint density at radius 2 is 2.19 bits per heavy atom. The van der Waals surface area contributed by atoms with E-state index in [2.05, 4.69) is 32.5 Å². The van der Waals surface area contributed by atoms with Gasteiger partial charge in [0.15, 0.2) is 0 Å². The molecule has 2 rings (SSSR count). The Kier molecular flexibility index (Phi) is 5.80. The first-order valence-electron chi connectivity index (χ1n) is 7.35. The summed E-state index contributed by atoms with van der Waals surface area (Å²) in [5.41, 5.74) is 1.03. The Morgan fingerprint density at radius 1 is 1.43 bits per heavy atom. The summed E-state index contributed by atoms with van der Waals surface area (Å²) >= 11 is 0. The van der Waals surface area contributed by atoms with E-state index in [1.165, 1.54) is 7.11 Å². The van der Waals surface area contributed by atoms with Crippen molar-refractivity contribution in [3.63, 3.8) is 0 Å². The van der Waals surface area contributed by atoms with Gasteiger partial charge < -0.3 is 19.3 Å². The Hall–Kier alpha value is -1.82. The number of methoxy groups -OCH3 is 1. The van der Waals surface area contributed by atoms with E-state index in [0.717, 1.165) is 44.4 Å². The van der Waals surface area contributed by atoms with Crippen LogP contribution < -0.4 is 9.80 Å². The van der Waals surface area contributed by atoms with Crippen LogP contribution in [0, 0.1) is 0 Å². The van der Waals surface area contributed by atoms with Crippen molar-refractivity contribution in [3.05, 3.63) is 18.3 Å². The van der Waals surface area contributed by atoms with Gasteiger partial charge in [0.2, 0.25) is 0 Å². The highest BCUT2D eigenvalue weighted by molar-refractivity contribution is 5.70. The lowest BCUT2D eigenvalue weighted by atomic mass is 10.3. The van der Waals surface area contributed by atoms with Gasteiger partial charge in [-0.15, -0.1) is 0 Å². The van der Waals surface area contributed by atoms with Crippen LogP contribution in [0.5, 0.6) is 0 Å². The molecule has 0 saturated carbocycles. The number of esters is 1. The number of morpholine rings is 1. The summed E-state index contributed by atoms with van der Waals surface area (Å²) < 4.78 is 10.0. The standard InChI is InChI=1S/C15H23N3O3/c1-3-17(7-6-15(19)20-2)13-4-5-14(16-12-13)18-8-10-21-11-9-18/h4-5,12H,3,6-11H2,1-2H3. The first-order valence-corrected chi connectivity index (χ1v) is 7.35. The number of hydrogen-bond acceptors (Lipinski definition) is 6. The number of carbonyl (C=O) groups is 1. The number of anilines is 2. The summed E-state index contributed by atoms with van der Waals surface area (Å²) in [4.78, 5) is 20.1. The van der Waals surface area contributed by atoms with Gasteiger partial charge in [-0.1, -0.05) is 0 Å². The molecule has 1 saturated heterocycles. The average molecular weight is 293 g/mol. The van der Waals surface area contributed by atoms with Gasteiger partial charge in [-0.25, -0.2) is 4.98 Å². The largest absolute Gasteiger partial charge is 0.469 e. The maximum atomic E-state index is 11.2. The highest BCUT2D eigenvalue weighted by Crippen LogP contribution is 2.18. The van der Waals surface area contributed by atoms with Crippen LogP contribution >= 0.6 is 0 Å². The molecule has 0 N–H and O–H groups in total. The smallest absolute Gasteiger partial charge is 0.307 e. The molecule has 1 aliphatic rings. The minimum absolute atomic E-state index is 0.189. The fourth-order valence-electron chi connectivity index (χ4n) is 2.34. The van der Waals surface area contributed by atoms with Crippen LogP contribution in [0.15, 0.2) is 18.3 Å². The molecule has 6 nitrogen and oxygen atoms in total. The number of carbonyl (C=O) groups excluding carboxylic acids is 1. The average Bonchev–Trinajstić information content (AvgIpc) is 2.56.